The molecule has 478 valence electrons. The summed E-state index contributed by atoms with van der Waals surface area (Å²) >= 11 is 17.9. The van der Waals surface area contributed by atoms with E-state index in [1.807, 2.05) is 0 Å². The highest BCUT2D eigenvalue weighted by molar-refractivity contribution is 6.76. The molecule has 33 nitrogen and oxygen atoms in total. The molecular formula is C49H64Cl3NO32. The van der Waals surface area contributed by atoms with Gasteiger partial charge < -0.3 is 90.0 Å². The van der Waals surface area contributed by atoms with Crippen molar-refractivity contribution >= 4 is 118 Å². The number of hydrogen-bond acceptors (Lipinski definition) is 33. The maximum absolute atomic E-state index is 13.2. The van der Waals surface area contributed by atoms with Gasteiger partial charge in [0, 0.05) is 90.0 Å². The second-order valence-corrected chi connectivity index (χ2v) is 20.7. The van der Waals surface area contributed by atoms with Crippen LogP contribution in [0, 0.1) is 5.41 Å². The molecule has 0 unspecified atom stereocenters. The lowest BCUT2D eigenvalue weighted by molar-refractivity contribution is -0.366. The summed E-state index contributed by atoms with van der Waals surface area (Å²) in [7, 11) is 0. The molecule has 0 aromatic rings. The van der Waals surface area contributed by atoms with Gasteiger partial charge in [-0.25, -0.2) is 0 Å². The van der Waals surface area contributed by atoms with E-state index in [9.17, 15) is 62.3 Å². The summed E-state index contributed by atoms with van der Waals surface area (Å²) in [6, 6.07) is 0. The number of carbonyl (C=O) groups excluding carboxylic acids is 13. The van der Waals surface area contributed by atoms with E-state index in [1.165, 1.54) is 0 Å². The van der Waals surface area contributed by atoms with Gasteiger partial charge >= 0.3 is 77.6 Å². The Balaban J connectivity index is 2.49. The molecule has 0 bridgehead atoms. The van der Waals surface area contributed by atoms with Crippen molar-refractivity contribution in [2.75, 3.05) is 19.8 Å². The highest BCUT2D eigenvalue weighted by Crippen LogP contribution is 2.40. The second kappa shape index (κ2) is 32.7. The minimum absolute atomic E-state index is 0.822. The summed E-state index contributed by atoms with van der Waals surface area (Å²) in [5.41, 5.74) is 0. The summed E-state index contributed by atoms with van der Waals surface area (Å²) in [5.74, 6) is -15.7. The van der Waals surface area contributed by atoms with Crippen molar-refractivity contribution in [3.63, 3.8) is 0 Å². The Morgan fingerprint density at radius 1 is 0.341 bits per heavy atom. The predicted octanol–water partition coefficient (Wildman–Crippen LogP) is 0.302. The van der Waals surface area contributed by atoms with Crippen LogP contribution in [0.3, 0.4) is 0 Å². The molecule has 0 aliphatic carbocycles. The summed E-state index contributed by atoms with van der Waals surface area (Å²) in [4.78, 5) is 167. The maximum atomic E-state index is 13.2. The van der Waals surface area contributed by atoms with Crippen LogP contribution in [0.2, 0.25) is 0 Å². The smallest absolute Gasteiger partial charge is 0.303 e. The lowest BCUT2D eigenvalue weighted by atomic mass is 9.92. The van der Waals surface area contributed by atoms with Crippen LogP contribution in [-0.4, -0.2) is 218 Å². The molecule has 3 aliphatic heterocycles. The van der Waals surface area contributed by atoms with E-state index >= 15 is 0 Å². The van der Waals surface area contributed by atoms with Gasteiger partial charge in [-0.05, 0) is 0 Å². The van der Waals surface area contributed by atoms with Crippen LogP contribution in [-0.2, 0) is 152 Å². The highest BCUT2D eigenvalue weighted by Gasteiger charge is 2.62. The van der Waals surface area contributed by atoms with Crippen molar-refractivity contribution in [1.82, 2.24) is 0 Å². The number of halogens is 3. The van der Waals surface area contributed by atoms with Gasteiger partial charge in [0.2, 0.25) is 12.2 Å². The predicted molar refractivity (Wildman–Crippen MR) is 270 cm³/mol. The Hall–Kier alpha value is -6.75. The fourth-order valence-electron chi connectivity index (χ4n) is 8.63. The van der Waals surface area contributed by atoms with Crippen LogP contribution in [0.1, 0.15) is 90.0 Å². The number of alkyl halides is 3. The molecule has 0 saturated carbocycles. The first-order valence-corrected chi connectivity index (χ1v) is 26.3. The highest BCUT2D eigenvalue weighted by atomic mass is 35.6. The van der Waals surface area contributed by atoms with Crippen LogP contribution in [0.25, 0.3) is 0 Å². The molecular weight excluding hydrogens is 1220 g/mol. The monoisotopic (exact) mass is 1280 g/mol. The van der Waals surface area contributed by atoms with Crippen LogP contribution in [0.4, 0.5) is 0 Å². The van der Waals surface area contributed by atoms with Gasteiger partial charge in [-0.15, -0.1) is 0 Å². The van der Waals surface area contributed by atoms with Crippen molar-refractivity contribution < 1.29 is 152 Å². The average Bonchev–Trinajstić information content (AvgIpc) is 2.21. The summed E-state index contributed by atoms with van der Waals surface area (Å²) in [6.07, 6.45) is -37.6. The lowest BCUT2D eigenvalue weighted by Gasteiger charge is -2.50. The van der Waals surface area contributed by atoms with E-state index in [0.29, 0.717) is 0 Å². The van der Waals surface area contributed by atoms with E-state index in [0.717, 1.165) is 90.0 Å². The number of esters is 13. The fourth-order valence-corrected chi connectivity index (χ4v) is 8.77. The molecule has 3 heterocycles. The van der Waals surface area contributed by atoms with Gasteiger partial charge in [0.25, 0.3) is 3.79 Å². The van der Waals surface area contributed by atoms with Crippen LogP contribution >= 0.6 is 34.8 Å². The van der Waals surface area contributed by atoms with E-state index in [4.69, 9.17) is 130 Å². The van der Waals surface area contributed by atoms with Crippen molar-refractivity contribution in [3.8, 4) is 0 Å². The van der Waals surface area contributed by atoms with E-state index in [1.54, 1.807) is 0 Å². The molecule has 1 N–H and O–H groups in total. The first-order chi connectivity index (χ1) is 39.4. The second-order valence-electron chi connectivity index (χ2n) is 18.4. The number of ether oxygens (including phenoxy) is 19. The topological polar surface area (TPSA) is 421 Å². The van der Waals surface area contributed by atoms with Crippen LogP contribution in [0.5, 0.6) is 0 Å². The zero-order valence-electron chi connectivity index (χ0n) is 47.7. The molecule has 0 amide bonds. The zero-order chi connectivity index (χ0) is 64.5. The number of hydrogen-bond donors (Lipinski definition) is 1. The SMILES string of the molecule is CC(=O)OC[C@H](OC(C)=O)[C@H]1O[C@H](OC[C@H](OC(C)=O)[C@H]2O[C@H](O[C@H]3[C@H](OC(C)=O)[C@@H]([C@H](COC(C)=O)OC(C)=O)O[C@H](OC(=N)C(Cl)(Cl)Cl)[C@H]3OC(C)=O)[C@@H](OC(C)=O)[C@@H](OC(C)=O)[C@@H]2OC(C)=O)[C@@H](OC(C)=O)[C@@H](OC(C)=O)[C@@H]1OC(C)=O. The molecule has 3 fully saturated rings. The molecule has 18 atom stereocenters. The third-order valence-electron chi connectivity index (χ3n) is 11.2. The Kier molecular flexibility index (Phi) is 27.9. The zero-order valence-corrected chi connectivity index (χ0v) is 50.0. The quantitative estimate of drug-likeness (QED) is 0.0446. The van der Waals surface area contributed by atoms with Crippen molar-refractivity contribution in [2.45, 2.75) is 204 Å². The van der Waals surface area contributed by atoms with Gasteiger partial charge in [-0.1, -0.05) is 34.8 Å². The Morgan fingerprint density at radius 2 is 0.612 bits per heavy atom. The standard InChI is InChI=1S/C49H64Cl3NO32/c1-17(54)67-14-30(70-19(3)56)33-36(73-22(6)59)39(76-25(9)62)42(78-27(11)64)45(81-33)69-16-32(72-21(5)58)35-37(74-23(7)60)40(77-26(10)63)43(79-28(12)65)46(82-35)84-41-38(75-24(8)61)34(31(71-20(4)57)15-68-18(2)55)83-47(44(41)80-29(13)66)85-48(53)49(50,51)52/h30-47,53H,14-16H2,1-13H3/t30-,31-,32-,33+,34+,35+,36+,37+,38+,39-,40-,41-,42-,43-,44-,45-,46+,47+/m0/s1. The summed E-state index contributed by atoms with van der Waals surface area (Å²) in [5, 5.41) is 8.43. The van der Waals surface area contributed by atoms with Crippen LogP contribution < -0.4 is 0 Å². The first-order valence-electron chi connectivity index (χ1n) is 25.1. The number of nitrogens with one attached hydrogen (secondary N) is 1. The average molecular weight is 1290 g/mol. The van der Waals surface area contributed by atoms with Gasteiger partial charge in [0.1, 0.15) is 37.6 Å². The van der Waals surface area contributed by atoms with Gasteiger partial charge in [0.05, 0.1) is 6.61 Å². The minimum atomic E-state index is -2.71. The lowest BCUT2D eigenvalue weighted by Crippen LogP contribution is -2.69. The number of carbonyl (C=O) groups is 13. The Bertz CT molecular complexity index is 2490. The fraction of sp³-hybridized carbons (Fsp3) is 0.714. The molecule has 3 rings (SSSR count). The normalized spacial score (nSPS) is 28.3. The van der Waals surface area contributed by atoms with Crippen molar-refractivity contribution in [1.29, 1.82) is 5.41 Å². The molecule has 0 spiro atoms. The van der Waals surface area contributed by atoms with Gasteiger partial charge in [-0.2, -0.15) is 0 Å². The minimum Gasteiger partial charge on any atom is -0.462 e. The Labute approximate surface area is 498 Å². The third-order valence-corrected chi connectivity index (χ3v) is 11.7. The molecule has 0 radical (unpaired) electrons. The summed E-state index contributed by atoms with van der Waals surface area (Å²) < 4.78 is 106. The van der Waals surface area contributed by atoms with Gasteiger partial charge in [0.15, 0.2) is 79.7 Å². The molecule has 3 saturated heterocycles. The van der Waals surface area contributed by atoms with E-state index in [-0.39, 0.29) is 0 Å². The van der Waals surface area contributed by atoms with E-state index in [2.05, 4.69) is 0 Å². The Morgan fingerprint density at radius 3 is 0.929 bits per heavy atom. The van der Waals surface area contributed by atoms with Crippen molar-refractivity contribution in [3.05, 3.63) is 0 Å². The van der Waals surface area contributed by atoms with Gasteiger partial charge in [-0.3, -0.25) is 67.7 Å². The summed E-state index contributed by atoms with van der Waals surface area (Å²) in [6.45, 7) is 8.72. The maximum Gasteiger partial charge on any atom is 0.303 e. The van der Waals surface area contributed by atoms with Crippen LogP contribution in [0.15, 0.2) is 0 Å². The molecule has 0 aromatic heterocycles. The largest absolute Gasteiger partial charge is 0.462 e. The van der Waals surface area contributed by atoms with Crippen molar-refractivity contribution in [2.24, 2.45) is 0 Å². The number of rotatable bonds is 24. The molecule has 3 aliphatic rings. The molecule has 85 heavy (non-hydrogen) atoms. The molecule has 36 heteroatoms. The molecule has 0 aromatic carbocycles. The first kappa shape index (κ1) is 72.5. The third kappa shape index (κ3) is 22.9. The van der Waals surface area contributed by atoms with E-state index < -0.39 is 218 Å².